The molecule has 0 aliphatic heterocycles. The summed E-state index contributed by atoms with van der Waals surface area (Å²) in [6.07, 6.45) is 0. The lowest BCUT2D eigenvalue weighted by molar-refractivity contribution is 0.180. The molecule has 0 saturated heterocycles. The molecule has 0 aliphatic carbocycles. The average molecular weight is 209 g/mol. The van der Waals surface area contributed by atoms with Crippen molar-refractivity contribution in [1.82, 2.24) is 0 Å². The van der Waals surface area contributed by atoms with Gasteiger partial charge in [0.1, 0.15) is 6.61 Å². The predicted octanol–water partition coefficient (Wildman–Crippen LogP) is 1.82. The van der Waals surface area contributed by atoms with Crippen LogP contribution in [0, 0.1) is 11.3 Å². The van der Waals surface area contributed by atoms with E-state index in [4.69, 9.17) is 30.6 Å². The van der Waals surface area contributed by atoms with Gasteiger partial charge in [-0.25, -0.2) is 0 Å². The van der Waals surface area contributed by atoms with Gasteiger partial charge in [-0.3, -0.25) is 4.52 Å². The molecule has 0 saturated carbocycles. The van der Waals surface area contributed by atoms with Crippen molar-refractivity contribution in [3.63, 3.8) is 0 Å². The summed E-state index contributed by atoms with van der Waals surface area (Å²) in [5, 5.41) is 8.25. The van der Waals surface area contributed by atoms with E-state index in [2.05, 4.69) is 0 Å². The summed E-state index contributed by atoms with van der Waals surface area (Å²) in [5.41, 5.74) is 0. The van der Waals surface area contributed by atoms with Crippen molar-refractivity contribution in [2.45, 2.75) is 13.8 Å². The molecule has 0 unspecified atom stereocenters. The summed E-state index contributed by atoms with van der Waals surface area (Å²) < 4.78 is 15.2. The number of hydrogen-bond donors (Lipinski definition) is 0. The monoisotopic (exact) mass is 209 g/mol. The van der Waals surface area contributed by atoms with Gasteiger partial charge in [-0.2, -0.15) is 5.26 Å². The first kappa shape index (κ1) is 12.0. The van der Waals surface area contributed by atoms with Gasteiger partial charge in [-0.05, 0) is 25.7 Å². The summed E-state index contributed by atoms with van der Waals surface area (Å²) in [7, 11) is 0. The van der Waals surface area contributed by atoms with Crippen molar-refractivity contribution >= 4 is 18.5 Å². The van der Waals surface area contributed by atoms with E-state index < -0.39 is 6.72 Å². The molecule has 12 heavy (non-hydrogen) atoms. The molecule has 0 aromatic rings. The Morgan fingerprint density at radius 1 is 1.25 bits per heavy atom. The highest BCUT2D eigenvalue weighted by molar-refractivity contribution is 8.07. The third-order valence-electron chi connectivity index (χ3n) is 0.862. The smallest absolute Gasteiger partial charge is 0.309 e. The van der Waals surface area contributed by atoms with Crippen molar-refractivity contribution in [2.24, 2.45) is 0 Å². The first-order valence-electron chi connectivity index (χ1n) is 3.59. The lowest BCUT2D eigenvalue weighted by Crippen LogP contribution is -1.99. The maximum Gasteiger partial charge on any atom is 0.328 e. The van der Waals surface area contributed by atoms with Crippen LogP contribution < -0.4 is 0 Å². The second-order valence-corrected chi connectivity index (χ2v) is 4.72. The number of hydrogen-bond acceptors (Lipinski definition) is 5. The fraction of sp³-hybridized carbons (Fsp3) is 0.833. The Morgan fingerprint density at radius 3 is 2.08 bits per heavy atom. The molecule has 0 radical (unpaired) electrons. The summed E-state index contributed by atoms with van der Waals surface area (Å²) in [6.45, 7) is 1.76. The minimum absolute atomic E-state index is 0.0860. The fourth-order valence-corrected chi connectivity index (χ4v) is 2.40. The van der Waals surface area contributed by atoms with Crippen LogP contribution in [0.15, 0.2) is 0 Å². The summed E-state index contributed by atoms with van der Waals surface area (Å²) >= 11 is 4.96. The molecule has 0 rings (SSSR count). The van der Waals surface area contributed by atoms with Gasteiger partial charge in [0, 0.05) is 0 Å². The Morgan fingerprint density at radius 2 is 1.75 bits per heavy atom. The molecule has 0 N–H and O–H groups in total. The fourth-order valence-electron chi connectivity index (χ4n) is 0.536. The molecule has 70 valence electrons. The van der Waals surface area contributed by atoms with E-state index in [0.717, 1.165) is 0 Å². The van der Waals surface area contributed by atoms with Crippen molar-refractivity contribution in [1.29, 1.82) is 5.26 Å². The van der Waals surface area contributed by atoms with Crippen molar-refractivity contribution in [3.05, 3.63) is 0 Å². The summed E-state index contributed by atoms with van der Waals surface area (Å²) in [4.78, 5) is 0. The molecule has 6 heteroatoms. The largest absolute Gasteiger partial charge is 0.328 e. The zero-order valence-corrected chi connectivity index (χ0v) is 8.86. The predicted molar refractivity (Wildman–Crippen MR) is 49.1 cm³/mol. The van der Waals surface area contributed by atoms with E-state index in [1.54, 1.807) is 13.8 Å². The average Bonchev–Trinajstić information content (AvgIpc) is 2.02. The minimum Gasteiger partial charge on any atom is -0.309 e. The van der Waals surface area contributed by atoms with E-state index in [0.29, 0.717) is 13.2 Å². The lowest BCUT2D eigenvalue weighted by Gasteiger charge is -2.18. The molecule has 0 fully saturated rings. The Balaban J connectivity index is 4.01. The van der Waals surface area contributed by atoms with Crippen LogP contribution in [0.25, 0.3) is 0 Å². The van der Waals surface area contributed by atoms with Gasteiger partial charge >= 0.3 is 6.72 Å². The molecule has 0 aliphatic rings. The molecule has 0 atom stereocenters. The zero-order chi connectivity index (χ0) is 9.45. The topological polar surface area (TPSA) is 51.5 Å². The van der Waals surface area contributed by atoms with Crippen LogP contribution >= 0.6 is 6.72 Å². The van der Waals surface area contributed by atoms with E-state index in [1.165, 1.54) is 0 Å². The number of nitrogens with zero attached hydrogens (tertiary/aromatic N) is 1. The second kappa shape index (κ2) is 6.53. The molecule has 0 aromatic heterocycles. The highest BCUT2D eigenvalue weighted by Crippen LogP contribution is 2.49. The van der Waals surface area contributed by atoms with E-state index in [9.17, 15) is 0 Å². The normalized spacial score (nSPS) is 11.1. The number of rotatable bonds is 6. The quantitative estimate of drug-likeness (QED) is 0.624. The lowest BCUT2D eigenvalue weighted by atomic mass is 10.9. The molecule has 0 aromatic carbocycles. The van der Waals surface area contributed by atoms with Crippen LogP contribution in [0.3, 0.4) is 0 Å². The Hall–Kier alpha value is 0.0200. The third kappa shape index (κ3) is 4.81. The van der Waals surface area contributed by atoms with E-state index >= 15 is 0 Å². The Bertz CT molecular complexity index is 193. The zero-order valence-electron chi connectivity index (χ0n) is 7.15. The molecular weight excluding hydrogens is 197 g/mol. The number of nitriles is 1. The van der Waals surface area contributed by atoms with Gasteiger partial charge < -0.3 is 9.05 Å². The van der Waals surface area contributed by atoms with Gasteiger partial charge in [0.2, 0.25) is 0 Å². The third-order valence-corrected chi connectivity index (χ3v) is 3.40. The summed E-state index contributed by atoms with van der Waals surface area (Å²) in [5.74, 6) is 0. The van der Waals surface area contributed by atoms with Gasteiger partial charge in [0.25, 0.3) is 0 Å². The van der Waals surface area contributed by atoms with Crippen molar-refractivity contribution in [3.8, 4) is 6.07 Å². The van der Waals surface area contributed by atoms with E-state index in [-0.39, 0.29) is 6.61 Å². The van der Waals surface area contributed by atoms with Crippen LogP contribution in [0.5, 0.6) is 0 Å². The first-order chi connectivity index (χ1) is 5.68. The van der Waals surface area contributed by atoms with Gasteiger partial charge in [-0.1, -0.05) is 0 Å². The van der Waals surface area contributed by atoms with Crippen LogP contribution in [-0.4, -0.2) is 19.8 Å². The van der Waals surface area contributed by atoms with Crippen LogP contribution in [0.4, 0.5) is 0 Å². The molecule has 0 bridgehead atoms. The van der Waals surface area contributed by atoms with Crippen LogP contribution in [-0.2, 0) is 25.4 Å². The molecule has 0 amide bonds. The molecule has 0 heterocycles. The van der Waals surface area contributed by atoms with Crippen molar-refractivity contribution in [2.75, 3.05) is 19.8 Å². The SMILES string of the molecule is CCOP(=S)(OCC)OCC#N. The van der Waals surface area contributed by atoms with Crippen molar-refractivity contribution < 1.29 is 13.6 Å². The second-order valence-electron chi connectivity index (χ2n) is 1.71. The molecule has 0 spiro atoms. The Kier molecular flexibility index (Phi) is 6.54. The summed E-state index contributed by atoms with van der Waals surface area (Å²) in [6, 6.07) is 1.82. The highest BCUT2D eigenvalue weighted by atomic mass is 32.5. The Labute approximate surface area is 77.7 Å². The van der Waals surface area contributed by atoms with E-state index in [1.807, 2.05) is 6.07 Å². The van der Waals surface area contributed by atoms with Gasteiger partial charge in [0.15, 0.2) is 0 Å². The highest BCUT2D eigenvalue weighted by Gasteiger charge is 2.18. The first-order valence-corrected chi connectivity index (χ1v) is 6.14. The molecule has 4 nitrogen and oxygen atoms in total. The maximum atomic E-state index is 8.25. The van der Waals surface area contributed by atoms with Crippen LogP contribution in [0.1, 0.15) is 13.8 Å². The maximum absolute atomic E-state index is 8.25. The van der Waals surface area contributed by atoms with Gasteiger partial charge in [0.05, 0.1) is 19.3 Å². The molecular formula is C6H12NO3PS. The standard InChI is InChI=1S/C6H12NO3PS/c1-3-8-11(12,9-4-2)10-6-5-7/h3-4,6H2,1-2H3. The minimum atomic E-state index is -2.63. The van der Waals surface area contributed by atoms with Gasteiger partial charge in [-0.15, -0.1) is 0 Å². The van der Waals surface area contributed by atoms with Crippen LogP contribution in [0.2, 0.25) is 0 Å².